The Balaban J connectivity index is 2.02. The van der Waals surface area contributed by atoms with Crippen molar-refractivity contribution in [1.29, 1.82) is 0 Å². The lowest BCUT2D eigenvalue weighted by Crippen LogP contribution is -2.13. The van der Waals surface area contributed by atoms with Crippen LogP contribution in [0.25, 0.3) is 10.9 Å². The maximum Gasteiger partial charge on any atom is 0.263 e. The first-order chi connectivity index (χ1) is 10.4. The van der Waals surface area contributed by atoms with E-state index >= 15 is 0 Å². The van der Waals surface area contributed by atoms with Gasteiger partial charge in [0.15, 0.2) is 0 Å². The predicted octanol–water partition coefficient (Wildman–Crippen LogP) is 3.68. The minimum Gasteiger partial charge on any atom is -0.280 e. The van der Waals surface area contributed by atoms with Crippen molar-refractivity contribution >= 4 is 49.8 Å². The van der Waals surface area contributed by atoms with Crippen LogP contribution in [-0.4, -0.2) is 18.2 Å². The molecule has 0 unspecified atom stereocenters. The molecule has 114 valence electrons. The van der Waals surface area contributed by atoms with Gasteiger partial charge in [-0.1, -0.05) is 29.3 Å². The zero-order chi connectivity index (χ0) is 15.9. The van der Waals surface area contributed by atoms with E-state index in [0.29, 0.717) is 5.69 Å². The number of aryl methyl sites for hydroxylation is 1. The van der Waals surface area contributed by atoms with Crippen molar-refractivity contribution in [1.82, 2.24) is 9.78 Å². The van der Waals surface area contributed by atoms with Crippen LogP contribution in [0.2, 0.25) is 10.0 Å². The third-order valence-corrected chi connectivity index (χ3v) is 5.56. The SMILES string of the molecule is Cn1ncc2ccc(NS(=O)(=O)c3cccc(Cl)c3Cl)cc21. The molecule has 1 aromatic heterocycles. The number of benzene rings is 2. The summed E-state index contributed by atoms with van der Waals surface area (Å²) in [5.74, 6) is 0. The number of nitrogens with one attached hydrogen (secondary N) is 1. The normalized spacial score (nSPS) is 11.8. The average Bonchev–Trinajstić information content (AvgIpc) is 2.82. The minimum absolute atomic E-state index is 0.00159. The van der Waals surface area contributed by atoms with Gasteiger partial charge in [-0.2, -0.15) is 5.10 Å². The van der Waals surface area contributed by atoms with Crippen LogP contribution in [0.3, 0.4) is 0 Å². The molecule has 0 saturated carbocycles. The lowest BCUT2D eigenvalue weighted by atomic mass is 10.2. The Bertz CT molecular complexity index is 967. The lowest BCUT2D eigenvalue weighted by Gasteiger charge is -2.10. The van der Waals surface area contributed by atoms with Crippen molar-refractivity contribution in [2.75, 3.05) is 4.72 Å². The topological polar surface area (TPSA) is 64.0 Å². The molecule has 0 radical (unpaired) electrons. The number of rotatable bonds is 3. The van der Waals surface area contributed by atoms with Gasteiger partial charge in [0.05, 0.1) is 27.4 Å². The highest BCUT2D eigenvalue weighted by molar-refractivity contribution is 7.92. The fourth-order valence-electron chi connectivity index (χ4n) is 2.11. The Morgan fingerprint density at radius 1 is 1.18 bits per heavy atom. The Morgan fingerprint density at radius 3 is 2.73 bits per heavy atom. The van der Waals surface area contributed by atoms with Gasteiger partial charge in [-0.3, -0.25) is 9.40 Å². The zero-order valence-corrected chi connectivity index (χ0v) is 13.7. The molecule has 3 aromatic rings. The molecule has 0 bridgehead atoms. The largest absolute Gasteiger partial charge is 0.280 e. The van der Waals surface area contributed by atoms with Crippen LogP contribution in [-0.2, 0) is 17.1 Å². The van der Waals surface area contributed by atoms with E-state index in [9.17, 15) is 8.42 Å². The molecule has 0 aliphatic heterocycles. The van der Waals surface area contributed by atoms with E-state index in [-0.39, 0.29) is 14.9 Å². The second-order valence-electron chi connectivity index (χ2n) is 4.70. The molecule has 0 spiro atoms. The molecule has 1 heterocycles. The maximum atomic E-state index is 12.5. The number of fused-ring (bicyclic) bond motifs is 1. The molecule has 1 N–H and O–H groups in total. The van der Waals surface area contributed by atoms with E-state index in [1.807, 2.05) is 0 Å². The first kappa shape index (κ1) is 15.1. The highest BCUT2D eigenvalue weighted by Gasteiger charge is 2.19. The lowest BCUT2D eigenvalue weighted by molar-refractivity contribution is 0.601. The minimum atomic E-state index is -3.83. The van der Waals surface area contributed by atoms with Crippen molar-refractivity contribution in [3.05, 3.63) is 52.6 Å². The van der Waals surface area contributed by atoms with Crippen molar-refractivity contribution in [3.8, 4) is 0 Å². The van der Waals surface area contributed by atoms with Crippen molar-refractivity contribution in [2.45, 2.75) is 4.90 Å². The van der Waals surface area contributed by atoms with Crippen LogP contribution in [0.1, 0.15) is 0 Å². The summed E-state index contributed by atoms with van der Waals surface area (Å²) in [5.41, 5.74) is 1.24. The van der Waals surface area contributed by atoms with Gasteiger partial charge in [-0.25, -0.2) is 8.42 Å². The van der Waals surface area contributed by atoms with Gasteiger partial charge < -0.3 is 0 Å². The fraction of sp³-hybridized carbons (Fsp3) is 0.0714. The molecule has 0 aliphatic rings. The van der Waals surface area contributed by atoms with Crippen LogP contribution < -0.4 is 4.72 Å². The molecule has 0 fully saturated rings. The summed E-state index contributed by atoms with van der Waals surface area (Å²) in [5, 5.41) is 5.23. The Morgan fingerprint density at radius 2 is 1.95 bits per heavy atom. The molecule has 0 saturated heterocycles. The summed E-state index contributed by atoms with van der Waals surface area (Å²) in [6, 6.07) is 9.63. The van der Waals surface area contributed by atoms with E-state index in [1.54, 1.807) is 36.1 Å². The molecule has 22 heavy (non-hydrogen) atoms. The summed E-state index contributed by atoms with van der Waals surface area (Å²) in [4.78, 5) is -0.0632. The third kappa shape index (κ3) is 2.65. The van der Waals surface area contributed by atoms with Crippen molar-refractivity contribution in [3.63, 3.8) is 0 Å². The van der Waals surface area contributed by atoms with E-state index in [0.717, 1.165) is 10.9 Å². The van der Waals surface area contributed by atoms with E-state index in [2.05, 4.69) is 9.82 Å². The van der Waals surface area contributed by atoms with Crippen molar-refractivity contribution in [2.24, 2.45) is 7.05 Å². The third-order valence-electron chi connectivity index (χ3n) is 3.21. The molecule has 3 rings (SSSR count). The van der Waals surface area contributed by atoms with Crippen LogP contribution in [0.4, 0.5) is 5.69 Å². The van der Waals surface area contributed by atoms with Gasteiger partial charge >= 0.3 is 0 Å². The van der Waals surface area contributed by atoms with Gasteiger partial charge in [0.25, 0.3) is 10.0 Å². The van der Waals surface area contributed by atoms with Gasteiger partial charge in [0.2, 0.25) is 0 Å². The number of hydrogen-bond donors (Lipinski definition) is 1. The average molecular weight is 356 g/mol. The van der Waals surface area contributed by atoms with E-state index in [1.165, 1.54) is 18.2 Å². The van der Waals surface area contributed by atoms with E-state index < -0.39 is 10.0 Å². The predicted molar refractivity (Wildman–Crippen MR) is 88.0 cm³/mol. The highest BCUT2D eigenvalue weighted by atomic mass is 35.5. The second kappa shape index (κ2) is 5.46. The summed E-state index contributed by atoms with van der Waals surface area (Å²) in [6.45, 7) is 0. The van der Waals surface area contributed by atoms with Gasteiger partial charge in [0, 0.05) is 12.4 Å². The van der Waals surface area contributed by atoms with Gasteiger partial charge in [-0.05, 0) is 30.3 Å². The fourth-order valence-corrected chi connectivity index (χ4v) is 3.92. The smallest absolute Gasteiger partial charge is 0.263 e. The number of nitrogens with zero attached hydrogens (tertiary/aromatic N) is 2. The molecule has 0 aliphatic carbocycles. The van der Waals surface area contributed by atoms with E-state index in [4.69, 9.17) is 23.2 Å². The van der Waals surface area contributed by atoms with Crippen LogP contribution >= 0.6 is 23.2 Å². The molecule has 0 atom stereocenters. The Hall–Kier alpha value is -1.76. The standard InChI is InChI=1S/C14H11Cl2N3O2S/c1-19-12-7-10(6-5-9(12)8-17-19)18-22(20,21)13-4-2-3-11(15)14(13)16/h2-8,18H,1H3. The highest BCUT2D eigenvalue weighted by Crippen LogP contribution is 2.30. The molecular formula is C14H11Cl2N3O2S. The Labute approximate surface area is 137 Å². The van der Waals surface area contributed by atoms with Crippen molar-refractivity contribution < 1.29 is 8.42 Å². The first-order valence-electron chi connectivity index (χ1n) is 6.27. The summed E-state index contributed by atoms with van der Waals surface area (Å²) in [7, 11) is -2.04. The first-order valence-corrected chi connectivity index (χ1v) is 8.51. The second-order valence-corrected chi connectivity index (χ2v) is 7.14. The molecular weight excluding hydrogens is 345 g/mol. The van der Waals surface area contributed by atoms with Crippen LogP contribution in [0.5, 0.6) is 0 Å². The molecule has 2 aromatic carbocycles. The quantitative estimate of drug-likeness (QED) is 0.779. The number of aromatic nitrogens is 2. The molecule has 5 nitrogen and oxygen atoms in total. The van der Waals surface area contributed by atoms with Crippen LogP contribution in [0, 0.1) is 0 Å². The zero-order valence-electron chi connectivity index (χ0n) is 11.4. The molecule has 0 amide bonds. The Kier molecular flexibility index (Phi) is 3.76. The number of hydrogen-bond acceptors (Lipinski definition) is 3. The summed E-state index contributed by atoms with van der Waals surface area (Å²) >= 11 is 11.9. The summed E-state index contributed by atoms with van der Waals surface area (Å²) in [6.07, 6.45) is 1.71. The maximum absolute atomic E-state index is 12.5. The van der Waals surface area contributed by atoms with Gasteiger partial charge in [-0.15, -0.1) is 0 Å². The summed E-state index contributed by atoms with van der Waals surface area (Å²) < 4.78 is 29.1. The number of anilines is 1. The molecule has 8 heteroatoms. The number of sulfonamides is 1. The van der Waals surface area contributed by atoms with Gasteiger partial charge in [0.1, 0.15) is 4.90 Å². The monoisotopic (exact) mass is 355 g/mol. The van der Waals surface area contributed by atoms with Crippen LogP contribution in [0.15, 0.2) is 47.5 Å². The number of halogens is 2.